The van der Waals surface area contributed by atoms with E-state index in [0.717, 1.165) is 77.0 Å². The van der Waals surface area contributed by atoms with E-state index in [-0.39, 0.29) is 26.1 Å². The molecule has 2 atom stereocenters. The summed E-state index contributed by atoms with van der Waals surface area (Å²) in [6.45, 7) is 3.81. The Bertz CT molecular complexity index is 1320. The Kier molecular flexibility index (Phi) is 38.4. The van der Waals surface area contributed by atoms with E-state index in [9.17, 15) is 19.0 Å². The second-order valence-corrected chi connectivity index (χ2v) is 14.2. The monoisotopic (exact) mass is 797 g/mol. The predicted molar refractivity (Wildman–Crippen MR) is 233 cm³/mol. The van der Waals surface area contributed by atoms with Gasteiger partial charge in [-0.1, -0.05) is 135 Å². The molecular weight excluding hydrogens is 725 g/mol. The van der Waals surface area contributed by atoms with Crippen LogP contribution in [-0.2, 0) is 32.7 Å². The topological polar surface area (TPSA) is 120 Å². The Hall–Kier alpha value is -3.59. The normalized spacial score (nSPS) is 14.6. The molecule has 0 heterocycles. The number of ether oxygens (including phenoxy) is 2. The zero-order chi connectivity index (χ0) is 41.1. The lowest BCUT2D eigenvalue weighted by molar-refractivity contribution is -0.161. The van der Waals surface area contributed by atoms with Crippen molar-refractivity contribution in [2.24, 2.45) is 0 Å². The van der Waals surface area contributed by atoms with E-state index in [4.69, 9.17) is 18.5 Å². The number of carbonyl (C=O) groups excluding carboxylic acids is 2. The number of esters is 2. The van der Waals surface area contributed by atoms with Crippen molar-refractivity contribution < 1.29 is 37.6 Å². The SMILES string of the molecule is CC/C=C\C/C=C\C/C=C\C/C=C\C/C=C\C/C=C\CCC(=O)OC(COC(=O)CCCC/C=C\C/C=C\C/C=C\C/C=C\CC)COP(=O)(O)OCCNC. The van der Waals surface area contributed by atoms with Gasteiger partial charge in [0.15, 0.2) is 6.10 Å². The van der Waals surface area contributed by atoms with Crippen LogP contribution in [0.3, 0.4) is 0 Å². The summed E-state index contributed by atoms with van der Waals surface area (Å²) in [5.74, 6) is -0.970. The van der Waals surface area contributed by atoms with Crippen LogP contribution in [0.5, 0.6) is 0 Å². The number of carbonyl (C=O) groups is 2. The van der Waals surface area contributed by atoms with Gasteiger partial charge in [-0.3, -0.25) is 18.6 Å². The minimum atomic E-state index is -4.39. The molecule has 0 spiro atoms. The number of likely N-dealkylation sites (N-methyl/N-ethyl adjacent to an activating group) is 1. The van der Waals surface area contributed by atoms with Crippen LogP contribution in [-0.4, -0.2) is 56.3 Å². The molecule has 0 rings (SSSR count). The zero-order valence-corrected chi connectivity index (χ0v) is 35.4. The molecule has 9 nitrogen and oxygen atoms in total. The van der Waals surface area contributed by atoms with Crippen LogP contribution in [0.1, 0.15) is 117 Å². The van der Waals surface area contributed by atoms with Crippen LogP contribution in [0.4, 0.5) is 0 Å². The fraction of sp³-hybridized carbons (Fsp3) is 0.522. The zero-order valence-electron chi connectivity index (χ0n) is 34.5. The minimum Gasteiger partial charge on any atom is -0.462 e. The Labute approximate surface area is 339 Å². The first-order chi connectivity index (χ1) is 27.3. The van der Waals surface area contributed by atoms with Gasteiger partial charge in [-0.25, -0.2) is 4.57 Å². The first kappa shape index (κ1) is 52.4. The predicted octanol–water partition coefficient (Wildman–Crippen LogP) is 11.6. The van der Waals surface area contributed by atoms with Crippen molar-refractivity contribution in [1.82, 2.24) is 5.32 Å². The summed E-state index contributed by atoms with van der Waals surface area (Å²) in [4.78, 5) is 35.0. The van der Waals surface area contributed by atoms with E-state index in [0.29, 0.717) is 19.4 Å². The Morgan fingerprint density at radius 1 is 0.554 bits per heavy atom. The van der Waals surface area contributed by atoms with Crippen molar-refractivity contribution in [2.75, 3.05) is 33.4 Å². The molecule has 2 N–H and O–H groups in total. The summed E-state index contributed by atoms with van der Waals surface area (Å²) in [5.41, 5.74) is 0. The van der Waals surface area contributed by atoms with Crippen LogP contribution in [0.2, 0.25) is 0 Å². The van der Waals surface area contributed by atoms with Gasteiger partial charge in [0.1, 0.15) is 6.61 Å². The van der Waals surface area contributed by atoms with E-state index >= 15 is 0 Å². The van der Waals surface area contributed by atoms with Crippen molar-refractivity contribution in [2.45, 2.75) is 123 Å². The Balaban J connectivity index is 4.49. The van der Waals surface area contributed by atoms with Gasteiger partial charge in [0.2, 0.25) is 0 Å². The molecule has 0 aliphatic heterocycles. The van der Waals surface area contributed by atoms with Gasteiger partial charge in [-0.15, -0.1) is 0 Å². The number of hydrogen-bond acceptors (Lipinski definition) is 8. The highest BCUT2D eigenvalue weighted by atomic mass is 31.2. The number of nitrogens with one attached hydrogen (secondary N) is 1. The Morgan fingerprint density at radius 2 is 0.982 bits per heavy atom. The van der Waals surface area contributed by atoms with Crippen molar-refractivity contribution >= 4 is 19.8 Å². The molecule has 0 aromatic rings. The largest absolute Gasteiger partial charge is 0.472 e. The highest BCUT2D eigenvalue weighted by Gasteiger charge is 2.26. The minimum absolute atomic E-state index is 0.0451. The number of unbranched alkanes of at least 4 members (excludes halogenated alkanes) is 2. The molecule has 10 heteroatoms. The van der Waals surface area contributed by atoms with Gasteiger partial charge in [0.05, 0.1) is 13.2 Å². The quantitative estimate of drug-likeness (QED) is 0.0276. The van der Waals surface area contributed by atoms with E-state index < -0.39 is 32.5 Å². The van der Waals surface area contributed by atoms with E-state index in [2.05, 4.69) is 129 Å². The molecule has 0 bridgehead atoms. The van der Waals surface area contributed by atoms with Crippen LogP contribution in [0, 0.1) is 0 Å². The Morgan fingerprint density at radius 3 is 1.43 bits per heavy atom. The molecule has 0 saturated heterocycles. The number of rotatable bonds is 36. The lowest BCUT2D eigenvalue weighted by atomic mass is 10.2. The third kappa shape index (κ3) is 40.1. The highest BCUT2D eigenvalue weighted by molar-refractivity contribution is 7.47. The highest BCUT2D eigenvalue weighted by Crippen LogP contribution is 2.43. The van der Waals surface area contributed by atoms with E-state index in [1.165, 1.54) is 0 Å². The average Bonchev–Trinajstić information content (AvgIpc) is 3.18. The molecule has 0 aliphatic carbocycles. The van der Waals surface area contributed by atoms with Gasteiger partial charge in [-0.2, -0.15) is 0 Å². The third-order valence-corrected chi connectivity index (χ3v) is 8.57. The number of phosphoric acid groups is 1. The summed E-state index contributed by atoms with van der Waals surface area (Å²) < 4.78 is 33.0. The molecule has 0 aromatic heterocycles. The summed E-state index contributed by atoms with van der Waals surface area (Å²) in [7, 11) is -2.71. The van der Waals surface area contributed by atoms with Gasteiger partial charge < -0.3 is 19.7 Å². The number of hydrogen-bond donors (Lipinski definition) is 2. The van der Waals surface area contributed by atoms with E-state index in [1.54, 1.807) is 7.05 Å². The second-order valence-electron chi connectivity index (χ2n) is 12.7. The van der Waals surface area contributed by atoms with Crippen LogP contribution in [0.25, 0.3) is 0 Å². The molecule has 0 saturated carbocycles. The summed E-state index contributed by atoms with van der Waals surface area (Å²) in [6.07, 6.45) is 54.1. The fourth-order valence-corrected chi connectivity index (χ4v) is 5.32. The smallest absolute Gasteiger partial charge is 0.462 e. The maximum absolute atomic E-state index is 12.6. The van der Waals surface area contributed by atoms with Gasteiger partial charge in [0.25, 0.3) is 0 Å². The van der Waals surface area contributed by atoms with Crippen LogP contribution in [0.15, 0.2) is 122 Å². The fourth-order valence-electron chi connectivity index (χ4n) is 4.57. The van der Waals surface area contributed by atoms with Gasteiger partial charge in [-0.05, 0) is 96.9 Å². The molecule has 0 aliphatic rings. The number of allylic oxidation sites excluding steroid dienone is 20. The van der Waals surface area contributed by atoms with Crippen LogP contribution >= 0.6 is 7.82 Å². The molecule has 56 heavy (non-hydrogen) atoms. The van der Waals surface area contributed by atoms with Gasteiger partial charge in [0, 0.05) is 19.4 Å². The standard InChI is InChI=1S/C46H72NO8P/c1-4-6-8-10-12-14-16-18-20-21-22-23-25-27-29-31-33-35-37-39-46(49)55-44(43-54-56(50,51)53-41-40-47-3)42-52-45(48)38-36-34-32-30-28-26-24-19-17-15-13-11-9-7-5-2/h6-9,12-15,18-20,22-24,27-30,33,35,44,47H,4-5,10-11,16-17,21,25-26,31-32,34,36-43H2,1-3H3,(H,50,51)/b8-6-,9-7-,14-12-,15-13-,20-18-,23-22-,24-19-,29-27-,30-28-,35-33-. The molecule has 2 unspecified atom stereocenters. The van der Waals surface area contributed by atoms with E-state index in [1.807, 2.05) is 12.2 Å². The van der Waals surface area contributed by atoms with Crippen LogP contribution < -0.4 is 5.32 Å². The maximum atomic E-state index is 12.6. The molecule has 0 amide bonds. The summed E-state index contributed by atoms with van der Waals surface area (Å²) >= 11 is 0. The second kappa shape index (κ2) is 41.1. The van der Waals surface area contributed by atoms with Gasteiger partial charge >= 0.3 is 19.8 Å². The third-order valence-electron chi connectivity index (χ3n) is 7.59. The molecule has 0 radical (unpaired) electrons. The van der Waals surface area contributed by atoms with Crippen molar-refractivity contribution in [3.63, 3.8) is 0 Å². The van der Waals surface area contributed by atoms with Crippen molar-refractivity contribution in [3.05, 3.63) is 122 Å². The number of phosphoric ester groups is 1. The molecule has 0 aromatic carbocycles. The summed E-state index contributed by atoms with van der Waals surface area (Å²) in [6, 6.07) is 0. The first-order valence-corrected chi connectivity index (χ1v) is 22.0. The molecule has 0 fully saturated rings. The molecule has 314 valence electrons. The van der Waals surface area contributed by atoms with Crippen molar-refractivity contribution in [3.8, 4) is 0 Å². The lowest BCUT2D eigenvalue weighted by Gasteiger charge is -2.19. The lowest BCUT2D eigenvalue weighted by Crippen LogP contribution is -2.29. The average molecular weight is 798 g/mol. The first-order valence-electron chi connectivity index (χ1n) is 20.5. The van der Waals surface area contributed by atoms with Crippen molar-refractivity contribution in [1.29, 1.82) is 0 Å². The summed E-state index contributed by atoms with van der Waals surface area (Å²) in [5, 5.41) is 2.80. The maximum Gasteiger partial charge on any atom is 0.472 e. The molecular formula is C46H72NO8P.